The third kappa shape index (κ3) is 3.22. The van der Waals surface area contributed by atoms with Crippen molar-refractivity contribution in [1.29, 1.82) is 0 Å². The van der Waals surface area contributed by atoms with Gasteiger partial charge in [-0.05, 0) is 56.1 Å². The minimum Gasteiger partial charge on any atom is -0.399 e. The molecular weight excluding hydrogens is 258 g/mol. The van der Waals surface area contributed by atoms with Gasteiger partial charge in [0, 0.05) is 36.4 Å². The molecule has 0 aliphatic carbocycles. The highest BCUT2D eigenvalue weighted by Crippen LogP contribution is 2.23. The fourth-order valence-corrected chi connectivity index (χ4v) is 3.65. The van der Waals surface area contributed by atoms with Crippen molar-refractivity contribution in [3.8, 4) is 0 Å². The molecule has 1 atom stereocenters. The van der Waals surface area contributed by atoms with E-state index in [0.717, 1.165) is 23.3 Å². The number of likely N-dealkylation sites (tertiary alicyclic amines) is 2. The zero-order valence-corrected chi connectivity index (χ0v) is 12.1. The van der Waals surface area contributed by atoms with Crippen LogP contribution in [0.3, 0.4) is 0 Å². The minimum absolute atomic E-state index is 0.741. The van der Waals surface area contributed by atoms with Crippen LogP contribution in [-0.2, 0) is 6.54 Å². The van der Waals surface area contributed by atoms with E-state index in [4.69, 9.17) is 17.3 Å². The first-order chi connectivity index (χ1) is 9.20. The largest absolute Gasteiger partial charge is 0.399 e. The molecule has 0 saturated carbocycles. The molecule has 2 aliphatic heterocycles. The molecule has 1 aromatic rings. The van der Waals surface area contributed by atoms with Crippen molar-refractivity contribution in [2.75, 3.05) is 31.9 Å². The molecule has 2 fully saturated rings. The highest BCUT2D eigenvalue weighted by atomic mass is 35.5. The van der Waals surface area contributed by atoms with Gasteiger partial charge in [-0.25, -0.2) is 0 Å². The Morgan fingerprint density at radius 1 is 1.16 bits per heavy atom. The van der Waals surface area contributed by atoms with E-state index in [0.29, 0.717) is 0 Å². The van der Waals surface area contributed by atoms with E-state index >= 15 is 0 Å². The minimum atomic E-state index is 0.741. The summed E-state index contributed by atoms with van der Waals surface area (Å²) in [5.41, 5.74) is 7.84. The molecule has 2 aliphatic rings. The molecule has 1 aromatic carbocycles. The number of benzene rings is 1. The van der Waals surface area contributed by atoms with Crippen LogP contribution in [0.5, 0.6) is 0 Å². The van der Waals surface area contributed by atoms with Gasteiger partial charge in [0.1, 0.15) is 0 Å². The number of hydrogen-bond acceptors (Lipinski definition) is 3. The first-order valence-electron chi connectivity index (χ1n) is 7.22. The molecule has 2 saturated heterocycles. The van der Waals surface area contributed by atoms with E-state index in [1.54, 1.807) is 0 Å². The van der Waals surface area contributed by atoms with Gasteiger partial charge < -0.3 is 5.73 Å². The summed E-state index contributed by atoms with van der Waals surface area (Å²) in [5.74, 6) is 0. The Hall–Kier alpha value is -0.770. The number of halogens is 1. The summed E-state index contributed by atoms with van der Waals surface area (Å²) < 4.78 is 0. The van der Waals surface area contributed by atoms with Crippen molar-refractivity contribution in [2.24, 2.45) is 0 Å². The molecule has 3 rings (SSSR count). The van der Waals surface area contributed by atoms with Crippen molar-refractivity contribution >= 4 is 17.3 Å². The average molecular weight is 280 g/mol. The average Bonchev–Trinajstić information content (AvgIpc) is 2.96. The summed E-state index contributed by atoms with van der Waals surface area (Å²) >= 11 is 6.06. The molecular formula is C15H22ClN3. The zero-order valence-electron chi connectivity index (χ0n) is 11.3. The Balaban J connectivity index is 1.59. The van der Waals surface area contributed by atoms with Crippen molar-refractivity contribution in [3.05, 3.63) is 28.8 Å². The van der Waals surface area contributed by atoms with Gasteiger partial charge in [-0.1, -0.05) is 11.6 Å². The molecule has 3 nitrogen and oxygen atoms in total. The molecule has 4 heteroatoms. The molecule has 0 spiro atoms. The number of rotatable bonds is 3. The Bertz CT molecular complexity index is 423. The van der Waals surface area contributed by atoms with Crippen LogP contribution in [0.2, 0.25) is 5.02 Å². The normalized spacial score (nSPS) is 25.2. The van der Waals surface area contributed by atoms with Gasteiger partial charge in [0.25, 0.3) is 0 Å². The van der Waals surface area contributed by atoms with Crippen molar-refractivity contribution in [1.82, 2.24) is 9.80 Å². The van der Waals surface area contributed by atoms with E-state index in [-0.39, 0.29) is 0 Å². The summed E-state index contributed by atoms with van der Waals surface area (Å²) in [7, 11) is 0. The van der Waals surface area contributed by atoms with Crippen LogP contribution in [0, 0.1) is 0 Å². The van der Waals surface area contributed by atoms with Gasteiger partial charge in [0.2, 0.25) is 0 Å². The summed E-state index contributed by atoms with van der Waals surface area (Å²) in [5, 5.41) is 0.741. The quantitative estimate of drug-likeness (QED) is 0.864. The molecule has 0 radical (unpaired) electrons. The fraction of sp³-hybridized carbons (Fsp3) is 0.600. The molecule has 2 heterocycles. The monoisotopic (exact) mass is 279 g/mol. The predicted molar refractivity (Wildman–Crippen MR) is 80.4 cm³/mol. The zero-order chi connectivity index (χ0) is 13.2. The molecule has 0 amide bonds. The highest BCUT2D eigenvalue weighted by molar-refractivity contribution is 6.30. The van der Waals surface area contributed by atoms with Crippen LogP contribution in [0.15, 0.2) is 18.2 Å². The smallest absolute Gasteiger partial charge is 0.0429 e. The van der Waals surface area contributed by atoms with Crippen molar-refractivity contribution in [3.63, 3.8) is 0 Å². The maximum Gasteiger partial charge on any atom is 0.0429 e. The molecule has 2 N–H and O–H groups in total. The maximum absolute atomic E-state index is 6.06. The molecule has 19 heavy (non-hydrogen) atoms. The van der Waals surface area contributed by atoms with Crippen LogP contribution in [0.4, 0.5) is 5.69 Å². The standard InChI is InChI=1S/C15H22ClN3/c16-13-7-12(8-14(17)9-13)10-18-6-3-15(11-18)19-4-1-2-5-19/h7-9,15H,1-6,10-11,17H2. The van der Waals surface area contributed by atoms with Gasteiger partial charge in [-0.3, -0.25) is 9.80 Å². The van der Waals surface area contributed by atoms with Gasteiger partial charge in [-0.15, -0.1) is 0 Å². The number of hydrogen-bond donors (Lipinski definition) is 1. The lowest BCUT2D eigenvalue weighted by Gasteiger charge is -2.23. The van der Waals surface area contributed by atoms with Gasteiger partial charge in [0.05, 0.1) is 0 Å². The van der Waals surface area contributed by atoms with Crippen molar-refractivity contribution in [2.45, 2.75) is 31.8 Å². The second-order valence-corrected chi connectivity index (χ2v) is 6.25. The number of nitrogens with zero attached hydrogens (tertiary/aromatic N) is 2. The number of nitrogens with two attached hydrogens (primary N) is 1. The van der Waals surface area contributed by atoms with E-state index in [1.165, 1.54) is 51.0 Å². The predicted octanol–water partition coefficient (Wildman–Crippen LogP) is 2.59. The van der Waals surface area contributed by atoms with Gasteiger partial charge in [-0.2, -0.15) is 0 Å². The first kappa shape index (κ1) is 13.2. The first-order valence-corrected chi connectivity index (χ1v) is 7.60. The van der Waals surface area contributed by atoms with Crippen LogP contribution >= 0.6 is 11.6 Å². The lowest BCUT2D eigenvalue weighted by atomic mass is 10.2. The van der Waals surface area contributed by atoms with E-state index < -0.39 is 0 Å². The summed E-state index contributed by atoms with van der Waals surface area (Å²) in [6.45, 7) is 5.93. The molecule has 0 aromatic heterocycles. The second kappa shape index (κ2) is 5.70. The van der Waals surface area contributed by atoms with Crippen LogP contribution < -0.4 is 5.73 Å². The SMILES string of the molecule is Nc1cc(Cl)cc(CN2CCC(N3CCCC3)C2)c1. The van der Waals surface area contributed by atoms with Crippen LogP contribution in [0.25, 0.3) is 0 Å². The summed E-state index contributed by atoms with van der Waals surface area (Å²) in [6, 6.07) is 6.64. The number of anilines is 1. The summed E-state index contributed by atoms with van der Waals surface area (Å²) in [6.07, 6.45) is 4.05. The maximum atomic E-state index is 6.06. The third-order valence-electron chi connectivity index (χ3n) is 4.29. The molecule has 104 valence electrons. The van der Waals surface area contributed by atoms with Crippen molar-refractivity contribution < 1.29 is 0 Å². The van der Waals surface area contributed by atoms with Gasteiger partial charge in [0.15, 0.2) is 0 Å². The van der Waals surface area contributed by atoms with E-state index in [2.05, 4.69) is 9.80 Å². The Kier molecular flexibility index (Phi) is 3.96. The Labute approximate surface area is 120 Å². The third-order valence-corrected chi connectivity index (χ3v) is 4.51. The Morgan fingerprint density at radius 2 is 1.95 bits per heavy atom. The summed E-state index contributed by atoms with van der Waals surface area (Å²) in [4.78, 5) is 5.18. The highest BCUT2D eigenvalue weighted by Gasteiger charge is 2.28. The second-order valence-electron chi connectivity index (χ2n) is 5.81. The van der Waals surface area contributed by atoms with Gasteiger partial charge >= 0.3 is 0 Å². The van der Waals surface area contributed by atoms with E-state index in [9.17, 15) is 0 Å². The molecule has 0 bridgehead atoms. The van der Waals surface area contributed by atoms with E-state index in [1.807, 2.05) is 18.2 Å². The molecule has 1 unspecified atom stereocenters. The van der Waals surface area contributed by atoms with Crippen LogP contribution in [-0.4, -0.2) is 42.0 Å². The topological polar surface area (TPSA) is 32.5 Å². The number of nitrogen functional groups attached to an aromatic ring is 1. The van der Waals surface area contributed by atoms with Crippen LogP contribution in [0.1, 0.15) is 24.8 Å². The lowest BCUT2D eigenvalue weighted by Crippen LogP contribution is -2.35. The Morgan fingerprint density at radius 3 is 2.68 bits per heavy atom. The fourth-order valence-electron chi connectivity index (χ4n) is 3.39. The lowest BCUT2D eigenvalue weighted by molar-refractivity contribution is 0.230.